The van der Waals surface area contributed by atoms with Gasteiger partial charge in [-0.3, -0.25) is 0 Å². The average Bonchev–Trinajstić information content (AvgIpc) is 2.77. The van der Waals surface area contributed by atoms with Crippen molar-refractivity contribution in [2.75, 3.05) is 0 Å². The van der Waals surface area contributed by atoms with Crippen LogP contribution in [-0.4, -0.2) is 46.4 Å². The number of carboxylic acid groups (broad SMARTS) is 2. The van der Waals surface area contributed by atoms with Crippen molar-refractivity contribution in [1.29, 1.82) is 0 Å². The molecule has 0 aliphatic rings. The lowest BCUT2D eigenvalue weighted by Crippen LogP contribution is -2.45. The SMILES string of the molecule is CC(C)[C@H](NC(=O)Oc1ccccc1)C(=O)O.CC(C)[C@H](NC(=O)Oc1ccccc1)C(=O)O. The third kappa shape index (κ3) is 10.5. The van der Waals surface area contributed by atoms with Gasteiger partial charge in [0, 0.05) is 0 Å². The summed E-state index contributed by atoms with van der Waals surface area (Å²) in [6.07, 6.45) is -1.53. The smallest absolute Gasteiger partial charge is 0.413 e. The zero-order chi connectivity index (χ0) is 25.7. The van der Waals surface area contributed by atoms with E-state index in [9.17, 15) is 19.2 Å². The predicted molar refractivity (Wildman–Crippen MR) is 124 cm³/mol. The van der Waals surface area contributed by atoms with Gasteiger partial charge in [-0.15, -0.1) is 0 Å². The summed E-state index contributed by atoms with van der Waals surface area (Å²) in [4.78, 5) is 44.6. The van der Waals surface area contributed by atoms with Crippen molar-refractivity contribution in [2.45, 2.75) is 39.8 Å². The molecule has 4 N–H and O–H groups in total. The van der Waals surface area contributed by atoms with Gasteiger partial charge >= 0.3 is 24.1 Å². The maximum Gasteiger partial charge on any atom is 0.413 e. The third-order valence-electron chi connectivity index (χ3n) is 4.32. The molecule has 2 rings (SSSR count). The Morgan fingerprint density at radius 3 is 1.15 bits per heavy atom. The first-order valence-corrected chi connectivity index (χ1v) is 10.5. The number of carbonyl (C=O) groups is 4. The van der Waals surface area contributed by atoms with E-state index < -0.39 is 36.2 Å². The van der Waals surface area contributed by atoms with Crippen LogP contribution in [0, 0.1) is 11.8 Å². The van der Waals surface area contributed by atoms with E-state index in [-0.39, 0.29) is 11.8 Å². The van der Waals surface area contributed by atoms with Crippen molar-refractivity contribution in [3.63, 3.8) is 0 Å². The van der Waals surface area contributed by atoms with Crippen LogP contribution in [0.5, 0.6) is 11.5 Å². The van der Waals surface area contributed by atoms with Crippen LogP contribution in [0.25, 0.3) is 0 Å². The molecule has 10 nitrogen and oxygen atoms in total. The molecular formula is C24H30N2O8. The highest BCUT2D eigenvalue weighted by Crippen LogP contribution is 2.10. The number of ether oxygens (including phenoxy) is 2. The third-order valence-corrected chi connectivity index (χ3v) is 4.32. The Morgan fingerprint density at radius 1 is 0.618 bits per heavy atom. The molecule has 0 unspecified atom stereocenters. The Kier molecular flexibility index (Phi) is 11.6. The molecule has 2 aromatic rings. The van der Waals surface area contributed by atoms with E-state index in [1.54, 1.807) is 88.4 Å². The molecule has 0 bridgehead atoms. The van der Waals surface area contributed by atoms with E-state index in [1.165, 1.54) is 0 Å². The highest BCUT2D eigenvalue weighted by atomic mass is 16.6. The molecular weight excluding hydrogens is 444 g/mol. The maximum absolute atomic E-state index is 11.4. The Bertz CT molecular complexity index is 855. The summed E-state index contributed by atoms with van der Waals surface area (Å²) in [5.74, 6) is -1.84. The molecule has 2 atom stereocenters. The van der Waals surface area contributed by atoms with Crippen LogP contribution in [0.4, 0.5) is 9.59 Å². The Labute approximate surface area is 197 Å². The number of hydrogen-bond acceptors (Lipinski definition) is 6. The van der Waals surface area contributed by atoms with Gasteiger partial charge in [0.25, 0.3) is 0 Å². The van der Waals surface area contributed by atoms with Gasteiger partial charge in [-0.2, -0.15) is 0 Å². The van der Waals surface area contributed by atoms with Crippen molar-refractivity contribution < 1.29 is 38.9 Å². The van der Waals surface area contributed by atoms with Gasteiger partial charge in [-0.25, -0.2) is 19.2 Å². The molecule has 184 valence electrons. The lowest BCUT2D eigenvalue weighted by atomic mass is 10.1. The molecule has 0 radical (unpaired) electrons. The fraction of sp³-hybridized carbons (Fsp3) is 0.333. The number of aliphatic carboxylic acids is 2. The van der Waals surface area contributed by atoms with Crippen molar-refractivity contribution in [1.82, 2.24) is 10.6 Å². The predicted octanol–water partition coefficient (Wildman–Crippen LogP) is 3.77. The lowest BCUT2D eigenvalue weighted by Gasteiger charge is -2.17. The minimum absolute atomic E-state index is 0.212. The molecule has 0 aromatic heterocycles. The van der Waals surface area contributed by atoms with Gasteiger partial charge in [0.2, 0.25) is 0 Å². The first-order valence-electron chi connectivity index (χ1n) is 10.5. The highest BCUT2D eigenvalue weighted by molar-refractivity contribution is 5.81. The zero-order valence-electron chi connectivity index (χ0n) is 19.4. The van der Waals surface area contributed by atoms with Crippen molar-refractivity contribution in [3.8, 4) is 11.5 Å². The second-order valence-corrected chi connectivity index (χ2v) is 7.81. The summed E-state index contributed by atoms with van der Waals surface area (Å²) in [6.45, 7) is 6.84. The van der Waals surface area contributed by atoms with E-state index >= 15 is 0 Å². The molecule has 2 aromatic carbocycles. The number of carbonyl (C=O) groups excluding carboxylic acids is 2. The number of carboxylic acids is 2. The normalized spacial score (nSPS) is 11.9. The van der Waals surface area contributed by atoms with Gasteiger partial charge in [-0.05, 0) is 36.1 Å². The maximum atomic E-state index is 11.4. The van der Waals surface area contributed by atoms with Crippen LogP contribution >= 0.6 is 0 Å². The number of nitrogens with one attached hydrogen (secondary N) is 2. The van der Waals surface area contributed by atoms with E-state index in [0.717, 1.165) is 0 Å². The van der Waals surface area contributed by atoms with Gasteiger partial charge in [-0.1, -0.05) is 64.1 Å². The molecule has 0 aliphatic carbocycles. The summed E-state index contributed by atoms with van der Waals surface area (Å²) in [7, 11) is 0. The van der Waals surface area contributed by atoms with E-state index in [2.05, 4.69) is 10.6 Å². The van der Waals surface area contributed by atoms with E-state index in [1.807, 2.05) is 0 Å². The molecule has 0 fully saturated rings. The molecule has 2 amide bonds. The molecule has 0 saturated carbocycles. The molecule has 34 heavy (non-hydrogen) atoms. The second kappa shape index (κ2) is 14.1. The van der Waals surface area contributed by atoms with Crippen molar-refractivity contribution in [3.05, 3.63) is 60.7 Å². The first-order chi connectivity index (χ1) is 16.0. The topological polar surface area (TPSA) is 151 Å². The summed E-state index contributed by atoms with van der Waals surface area (Å²) in [5.41, 5.74) is 0. The number of amides is 2. The quantitative estimate of drug-likeness (QED) is 0.451. The van der Waals surface area contributed by atoms with Gasteiger partial charge in [0.15, 0.2) is 0 Å². The number of benzene rings is 2. The van der Waals surface area contributed by atoms with Gasteiger partial charge in [0.05, 0.1) is 0 Å². The van der Waals surface area contributed by atoms with Gasteiger partial charge < -0.3 is 30.3 Å². The van der Waals surface area contributed by atoms with Crippen molar-refractivity contribution in [2.24, 2.45) is 11.8 Å². The number of hydrogen-bond donors (Lipinski definition) is 4. The summed E-state index contributed by atoms with van der Waals surface area (Å²) in [6, 6.07) is 15.0. The minimum Gasteiger partial charge on any atom is -0.480 e. The average molecular weight is 475 g/mol. The Hall–Kier alpha value is -4.08. The van der Waals surface area contributed by atoms with Crippen LogP contribution < -0.4 is 20.1 Å². The monoisotopic (exact) mass is 474 g/mol. The Morgan fingerprint density at radius 2 is 0.912 bits per heavy atom. The summed E-state index contributed by atoms with van der Waals surface area (Å²) < 4.78 is 9.86. The van der Waals surface area contributed by atoms with E-state index in [0.29, 0.717) is 11.5 Å². The second-order valence-electron chi connectivity index (χ2n) is 7.81. The van der Waals surface area contributed by atoms with Crippen LogP contribution in [0.3, 0.4) is 0 Å². The molecule has 0 spiro atoms. The molecule has 0 saturated heterocycles. The van der Waals surface area contributed by atoms with Crippen LogP contribution in [0.2, 0.25) is 0 Å². The van der Waals surface area contributed by atoms with Crippen LogP contribution in [-0.2, 0) is 9.59 Å². The minimum atomic E-state index is -1.08. The zero-order valence-corrected chi connectivity index (χ0v) is 19.4. The van der Waals surface area contributed by atoms with Crippen molar-refractivity contribution >= 4 is 24.1 Å². The van der Waals surface area contributed by atoms with Gasteiger partial charge in [0.1, 0.15) is 23.6 Å². The van der Waals surface area contributed by atoms with E-state index in [4.69, 9.17) is 19.7 Å². The fourth-order valence-corrected chi connectivity index (χ4v) is 2.53. The summed E-state index contributed by atoms with van der Waals surface area (Å²) >= 11 is 0. The lowest BCUT2D eigenvalue weighted by molar-refractivity contribution is -0.141. The number of para-hydroxylation sites is 2. The molecule has 0 heterocycles. The van der Waals surface area contributed by atoms with Crippen LogP contribution in [0.1, 0.15) is 27.7 Å². The number of rotatable bonds is 8. The highest BCUT2D eigenvalue weighted by Gasteiger charge is 2.25. The Balaban J connectivity index is 0.000000340. The molecule has 0 aliphatic heterocycles. The molecule has 10 heteroatoms. The van der Waals surface area contributed by atoms with Crippen LogP contribution in [0.15, 0.2) is 60.7 Å². The largest absolute Gasteiger partial charge is 0.480 e. The first kappa shape index (κ1) is 28.0. The summed E-state index contributed by atoms with van der Waals surface area (Å²) in [5, 5.41) is 22.4. The standard InChI is InChI=1S/2C12H15NO4/c2*1-8(2)10(11(14)15)13-12(16)17-9-6-4-3-5-7-9/h2*3-8,10H,1-2H3,(H,13,16)(H,14,15)/t2*10-/m00/s1. The fourth-order valence-electron chi connectivity index (χ4n) is 2.53.